The number of rotatable bonds is 5. The van der Waals surface area contributed by atoms with Crippen LogP contribution in [0.5, 0.6) is 0 Å². The van der Waals surface area contributed by atoms with Crippen molar-refractivity contribution in [2.24, 2.45) is 0 Å². The zero-order chi connectivity index (χ0) is 14.6. The van der Waals surface area contributed by atoms with Crippen LogP contribution < -0.4 is 10.0 Å². The standard InChI is InChI=1S/C13H14IN3O2S/c1-15-8-10-6-7-13(16-9-10)20(18,19)17-12-5-3-2-4-11(12)14/h2-7,9,15,17H,8H2,1H3. The van der Waals surface area contributed by atoms with Crippen molar-refractivity contribution in [2.75, 3.05) is 11.8 Å². The van der Waals surface area contributed by atoms with E-state index < -0.39 is 10.0 Å². The van der Waals surface area contributed by atoms with E-state index in [2.05, 4.69) is 37.6 Å². The minimum Gasteiger partial charge on any atom is -0.316 e. The maximum atomic E-state index is 12.2. The molecule has 0 amide bonds. The molecular formula is C13H14IN3O2S. The van der Waals surface area contributed by atoms with E-state index in [0.29, 0.717) is 12.2 Å². The predicted molar refractivity (Wildman–Crippen MR) is 87.0 cm³/mol. The number of anilines is 1. The molecule has 0 bridgehead atoms. The highest BCUT2D eigenvalue weighted by atomic mass is 127. The van der Waals surface area contributed by atoms with Gasteiger partial charge in [-0.3, -0.25) is 4.72 Å². The van der Waals surface area contributed by atoms with Gasteiger partial charge in [-0.05, 0) is 53.4 Å². The van der Waals surface area contributed by atoms with E-state index in [-0.39, 0.29) is 5.03 Å². The number of benzene rings is 1. The number of hydrogen-bond donors (Lipinski definition) is 2. The lowest BCUT2D eigenvalue weighted by Gasteiger charge is -2.09. The van der Waals surface area contributed by atoms with Crippen LogP contribution in [0.4, 0.5) is 5.69 Å². The highest BCUT2D eigenvalue weighted by Gasteiger charge is 2.16. The molecule has 0 saturated carbocycles. The number of nitrogens with one attached hydrogen (secondary N) is 2. The first-order valence-corrected chi connectivity index (χ1v) is 8.46. The summed E-state index contributed by atoms with van der Waals surface area (Å²) in [5.41, 5.74) is 1.48. The van der Waals surface area contributed by atoms with Crippen LogP contribution in [0, 0.1) is 3.57 Å². The van der Waals surface area contributed by atoms with Gasteiger partial charge in [0.1, 0.15) is 0 Å². The zero-order valence-electron chi connectivity index (χ0n) is 10.8. The van der Waals surface area contributed by atoms with Crippen molar-refractivity contribution in [2.45, 2.75) is 11.6 Å². The molecule has 0 fully saturated rings. The smallest absolute Gasteiger partial charge is 0.279 e. The van der Waals surface area contributed by atoms with Crippen LogP contribution in [0.15, 0.2) is 47.6 Å². The molecule has 1 aromatic heterocycles. The van der Waals surface area contributed by atoms with Crippen LogP contribution in [-0.4, -0.2) is 20.4 Å². The van der Waals surface area contributed by atoms with Gasteiger partial charge >= 0.3 is 0 Å². The van der Waals surface area contributed by atoms with Gasteiger partial charge in [-0.1, -0.05) is 18.2 Å². The molecule has 0 aliphatic heterocycles. The molecular weight excluding hydrogens is 389 g/mol. The summed E-state index contributed by atoms with van der Waals surface area (Å²) < 4.78 is 27.8. The summed E-state index contributed by atoms with van der Waals surface area (Å²) in [7, 11) is -1.83. The van der Waals surface area contributed by atoms with Gasteiger partial charge in [0.05, 0.1) is 5.69 Å². The third-order valence-electron chi connectivity index (χ3n) is 2.57. The number of aromatic nitrogens is 1. The number of pyridine rings is 1. The van der Waals surface area contributed by atoms with Crippen molar-refractivity contribution in [1.82, 2.24) is 10.3 Å². The Morgan fingerprint density at radius 2 is 1.95 bits per heavy atom. The van der Waals surface area contributed by atoms with Crippen LogP contribution in [0.2, 0.25) is 0 Å². The van der Waals surface area contributed by atoms with Crippen molar-refractivity contribution in [3.8, 4) is 0 Å². The minimum atomic E-state index is -3.65. The van der Waals surface area contributed by atoms with Gasteiger partial charge in [-0.25, -0.2) is 4.98 Å². The predicted octanol–water partition coefficient (Wildman–Crippen LogP) is 2.21. The van der Waals surface area contributed by atoms with Crippen molar-refractivity contribution in [1.29, 1.82) is 0 Å². The SMILES string of the molecule is CNCc1ccc(S(=O)(=O)Nc2ccccc2I)nc1. The quantitative estimate of drug-likeness (QED) is 0.752. The Bertz CT molecular complexity index is 687. The highest BCUT2D eigenvalue weighted by molar-refractivity contribution is 14.1. The molecule has 1 heterocycles. The summed E-state index contributed by atoms with van der Waals surface area (Å²) >= 11 is 2.08. The van der Waals surface area contributed by atoms with Crippen LogP contribution in [0.1, 0.15) is 5.56 Å². The largest absolute Gasteiger partial charge is 0.316 e. The van der Waals surface area contributed by atoms with Gasteiger partial charge in [0.2, 0.25) is 0 Å². The maximum Gasteiger partial charge on any atom is 0.279 e. The molecule has 0 aliphatic carbocycles. The first-order chi connectivity index (χ1) is 9.53. The molecule has 5 nitrogen and oxygen atoms in total. The van der Waals surface area contributed by atoms with Gasteiger partial charge in [-0.2, -0.15) is 8.42 Å². The summed E-state index contributed by atoms with van der Waals surface area (Å²) in [6.07, 6.45) is 1.56. The summed E-state index contributed by atoms with van der Waals surface area (Å²) in [5.74, 6) is 0. The third kappa shape index (κ3) is 3.68. The van der Waals surface area contributed by atoms with Gasteiger partial charge in [-0.15, -0.1) is 0 Å². The molecule has 2 aromatic rings. The van der Waals surface area contributed by atoms with E-state index in [9.17, 15) is 8.42 Å². The van der Waals surface area contributed by atoms with E-state index in [0.717, 1.165) is 9.13 Å². The fraction of sp³-hybridized carbons (Fsp3) is 0.154. The lowest BCUT2D eigenvalue weighted by molar-refractivity contribution is 0.597. The average molecular weight is 403 g/mol. The second-order valence-corrected chi connectivity index (χ2v) is 6.91. The average Bonchev–Trinajstić information content (AvgIpc) is 2.42. The number of sulfonamides is 1. The molecule has 7 heteroatoms. The first-order valence-electron chi connectivity index (χ1n) is 5.90. The Morgan fingerprint density at radius 1 is 1.20 bits per heavy atom. The molecule has 20 heavy (non-hydrogen) atoms. The fourth-order valence-corrected chi connectivity index (χ4v) is 3.34. The van der Waals surface area contributed by atoms with Crippen molar-refractivity contribution in [3.63, 3.8) is 0 Å². The summed E-state index contributed by atoms with van der Waals surface area (Å²) in [6.45, 7) is 0.650. The highest BCUT2D eigenvalue weighted by Crippen LogP contribution is 2.20. The van der Waals surface area contributed by atoms with E-state index in [1.165, 1.54) is 6.07 Å². The second kappa shape index (κ2) is 6.51. The molecule has 0 radical (unpaired) electrons. The number of halogens is 1. The molecule has 0 unspecified atom stereocenters. The Balaban J connectivity index is 2.24. The lowest BCUT2D eigenvalue weighted by Crippen LogP contribution is -2.15. The van der Waals surface area contributed by atoms with Crippen molar-refractivity contribution >= 4 is 38.3 Å². The topological polar surface area (TPSA) is 71.1 Å². The molecule has 0 saturated heterocycles. The van der Waals surface area contributed by atoms with E-state index >= 15 is 0 Å². The van der Waals surface area contributed by atoms with Crippen molar-refractivity contribution in [3.05, 3.63) is 51.7 Å². The first kappa shape index (κ1) is 15.2. The van der Waals surface area contributed by atoms with E-state index in [1.807, 2.05) is 19.2 Å². The Kier molecular flexibility index (Phi) is 4.95. The molecule has 0 atom stereocenters. The van der Waals surface area contributed by atoms with Crippen LogP contribution in [0.25, 0.3) is 0 Å². The van der Waals surface area contributed by atoms with E-state index in [4.69, 9.17) is 0 Å². The fourth-order valence-electron chi connectivity index (χ4n) is 1.62. The summed E-state index contributed by atoms with van der Waals surface area (Å²) in [5, 5.41) is 2.99. The lowest BCUT2D eigenvalue weighted by atomic mass is 10.3. The van der Waals surface area contributed by atoms with Gasteiger partial charge in [0, 0.05) is 16.3 Å². The molecule has 2 N–H and O–H groups in total. The van der Waals surface area contributed by atoms with Gasteiger partial charge in [0.25, 0.3) is 10.0 Å². The normalized spacial score (nSPS) is 11.3. The summed E-state index contributed by atoms with van der Waals surface area (Å²) in [6, 6.07) is 10.4. The van der Waals surface area contributed by atoms with Crippen LogP contribution in [0.3, 0.4) is 0 Å². The Morgan fingerprint density at radius 3 is 2.55 bits per heavy atom. The number of para-hydroxylation sites is 1. The molecule has 0 aliphatic rings. The minimum absolute atomic E-state index is 0.0111. The number of hydrogen-bond acceptors (Lipinski definition) is 4. The molecule has 0 spiro atoms. The molecule has 2 rings (SSSR count). The third-order valence-corrected chi connectivity index (χ3v) is 4.79. The van der Waals surface area contributed by atoms with Crippen LogP contribution >= 0.6 is 22.6 Å². The molecule has 106 valence electrons. The summed E-state index contributed by atoms with van der Waals surface area (Å²) in [4.78, 5) is 4.00. The monoisotopic (exact) mass is 403 g/mol. The Labute approximate surface area is 132 Å². The van der Waals surface area contributed by atoms with Gasteiger partial charge < -0.3 is 5.32 Å². The van der Waals surface area contributed by atoms with Gasteiger partial charge in [0.15, 0.2) is 5.03 Å². The van der Waals surface area contributed by atoms with E-state index in [1.54, 1.807) is 24.4 Å². The zero-order valence-corrected chi connectivity index (χ0v) is 13.8. The Hall–Kier alpha value is -1.19. The number of nitrogens with zero attached hydrogens (tertiary/aromatic N) is 1. The second-order valence-electron chi connectivity index (χ2n) is 4.12. The molecule has 1 aromatic carbocycles. The maximum absolute atomic E-state index is 12.2. The van der Waals surface area contributed by atoms with Crippen molar-refractivity contribution < 1.29 is 8.42 Å². The van der Waals surface area contributed by atoms with Crippen LogP contribution in [-0.2, 0) is 16.6 Å².